The smallest absolute Gasteiger partial charge is 0.226 e. The third-order valence-corrected chi connectivity index (χ3v) is 7.20. The summed E-state index contributed by atoms with van der Waals surface area (Å²) in [5.41, 5.74) is 0.0333. The van der Waals surface area contributed by atoms with Gasteiger partial charge in [0.2, 0.25) is 5.91 Å². The highest BCUT2D eigenvalue weighted by molar-refractivity contribution is 5.83. The fourth-order valence-electron chi connectivity index (χ4n) is 6.48. The van der Waals surface area contributed by atoms with Crippen LogP contribution in [0.3, 0.4) is 0 Å². The van der Waals surface area contributed by atoms with Crippen LogP contribution >= 0.6 is 0 Å². The number of hydrogen-bond acceptors (Lipinski definition) is 2. The first kappa shape index (κ1) is 15.9. The van der Waals surface area contributed by atoms with Crippen molar-refractivity contribution in [2.24, 2.45) is 23.2 Å². The molecule has 3 heteroatoms. The van der Waals surface area contributed by atoms with E-state index < -0.39 is 0 Å². The molecule has 5 saturated carbocycles. The van der Waals surface area contributed by atoms with E-state index in [1.807, 2.05) is 0 Å². The molecule has 5 rings (SSSR count). The van der Waals surface area contributed by atoms with Gasteiger partial charge in [0.1, 0.15) is 0 Å². The molecule has 2 N–H and O–H groups in total. The second-order valence-corrected chi connectivity index (χ2v) is 9.10. The van der Waals surface area contributed by atoms with E-state index in [0.29, 0.717) is 5.91 Å². The van der Waals surface area contributed by atoms with E-state index >= 15 is 0 Å². The number of nitrogens with one attached hydrogen (secondary N) is 2. The van der Waals surface area contributed by atoms with Crippen LogP contribution in [0.4, 0.5) is 0 Å². The van der Waals surface area contributed by atoms with Crippen molar-refractivity contribution >= 4 is 5.91 Å². The molecule has 130 valence electrons. The van der Waals surface area contributed by atoms with Crippen LogP contribution in [0.15, 0.2) is 0 Å². The van der Waals surface area contributed by atoms with Gasteiger partial charge in [-0.2, -0.15) is 0 Å². The van der Waals surface area contributed by atoms with E-state index in [0.717, 1.165) is 43.3 Å². The van der Waals surface area contributed by atoms with Gasteiger partial charge in [-0.3, -0.25) is 4.79 Å². The largest absolute Gasteiger partial charge is 0.356 e. The third kappa shape index (κ3) is 3.45. The molecular weight excluding hydrogens is 284 g/mol. The van der Waals surface area contributed by atoms with Gasteiger partial charge in [0.25, 0.3) is 0 Å². The van der Waals surface area contributed by atoms with Crippen LogP contribution in [0.1, 0.15) is 77.0 Å². The number of rotatable bonds is 6. The summed E-state index contributed by atoms with van der Waals surface area (Å²) in [6.07, 6.45) is 15.8. The number of amides is 1. The monoisotopic (exact) mass is 318 g/mol. The lowest BCUT2D eigenvalue weighted by Crippen LogP contribution is -2.53. The summed E-state index contributed by atoms with van der Waals surface area (Å²) in [6, 6.07) is 0.739. The lowest BCUT2D eigenvalue weighted by atomic mass is 9.49. The van der Waals surface area contributed by atoms with E-state index in [2.05, 4.69) is 10.6 Å². The van der Waals surface area contributed by atoms with Crippen molar-refractivity contribution in [1.82, 2.24) is 10.6 Å². The molecule has 0 radical (unpaired) electrons. The van der Waals surface area contributed by atoms with Gasteiger partial charge >= 0.3 is 0 Å². The van der Waals surface area contributed by atoms with Crippen LogP contribution in [0.5, 0.6) is 0 Å². The zero-order valence-corrected chi connectivity index (χ0v) is 14.6. The molecule has 5 fully saturated rings. The third-order valence-electron chi connectivity index (χ3n) is 7.20. The molecule has 0 spiro atoms. The standard InChI is InChI=1S/C20H34N2O/c23-19(22-8-4-7-21-18-5-2-1-3-6-18)20-12-15-9-16(13-20)11-17(10-15)14-20/h15-18,21H,1-14H2,(H,22,23). The summed E-state index contributed by atoms with van der Waals surface area (Å²) >= 11 is 0. The topological polar surface area (TPSA) is 41.1 Å². The molecule has 0 atom stereocenters. The maximum Gasteiger partial charge on any atom is 0.226 e. The number of carbonyl (C=O) groups excluding carboxylic acids is 1. The van der Waals surface area contributed by atoms with Gasteiger partial charge in [0.15, 0.2) is 0 Å². The summed E-state index contributed by atoms with van der Waals surface area (Å²) in [5, 5.41) is 6.98. The Bertz CT molecular complexity index is 392. The maximum atomic E-state index is 12.8. The Balaban J connectivity index is 1.18. The lowest BCUT2D eigenvalue weighted by molar-refractivity contribution is -0.146. The predicted molar refractivity (Wildman–Crippen MR) is 93.1 cm³/mol. The Hall–Kier alpha value is -0.570. The molecule has 0 unspecified atom stereocenters. The van der Waals surface area contributed by atoms with E-state index in [1.165, 1.54) is 70.6 Å². The van der Waals surface area contributed by atoms with Gasteiger partial charge in [-0.15, -0.1) is 0 Å². The predicted octanol–water partition coefficient (Wildman–Crippen LogP) is 3.63. The molecule has 0 heterocycles. The molecule has 1 amide bonds. The zero-order valence-electron chi connectivity index (χ0n) is 14.6. The Kier molecular flexibility index (Phi) is 4.67. The Morgan fingerprint density at radius 1 is 0.870 bits per heavy atom. The highest BCUT2D eigenvalue weighted by atomic mass is 16.2. The van der Waals surface area contributed by atoms with E-state index in [9.17, 15) is 4.79 Å². The highest BCUT2D eigenvalue weighted by Gasteiger charge is 2.54. The summed E-state index contributed by atoms with van der Waals surface area (Å²) in [4.78, 5) is 12.8. The van der Waals surface area contributed by atoms with E-state index in [1.54, 1.807) is 0 Å². The minimum Gasteiger partial charge on any atom is -0.356 e. The van der Waals surface area contributed by atoms with Gasteiger partial charge < -0.3 is 10.6 Å². The van der Waals surface area contributed by atoms with Gasteiger partial charge in [0.05, 0.1) is 0 Å². The second kappa shape index (κ2) is 6.74. The first-order valence-electron chi connectivity index (χ1n) is 10.3. The van der Waals surface area contributed by atoms with Crippen LogP contribution < -0.4 is 10.6 Å². The van der Waals surface area contributed by atoms with Gasteiger partial charge in [-0.25, -0.2) is 0 Å². The van der Waals surface area contributed by atoms with Crippen molar-refractivity contribution in [1.29, 1.82) is 0 Å². The van der Waals surface area contributed by atoms with E-state index in [4.69, 9.17) is 0 Å². The van der Waals surface area contributed by atoms with Crippen LogP contribution in [0.25, 0.3) is 0 Å². The fraction of sp³-hybridized carbons (Fsp3) is 0.950. The normalized spacial score (nSPS) is 39.6. The quantitative estimate of drug-likeness (QED) is 0.734. The number of carbonyl (C=O) groups is 1. The van der Waals surface area contributed by atoms with Crippen molar-refractivity contribution in [3.63, 3.8) is 0 Å². The van der Waals surface area contributed by atoms with Crippen molar-refractivity contribution < 1.29 is 4.79 Å². The Morgan fingerprint density at radius 3 is 2.09 bits per heavy atom. The Morgan fingerprint density at radius 2 is 1.48 bits per heavy atom. The second-order valence-electron chi connectivity index (χ2n) is 9.10. The van der Waals surface area contributed by atoms with E-state index in [-0.39, 0.29) is 5.41 Å². The molecule has 0 aromatic carbocycles. The summed E-state index contributed by atoms with van der Waals surface area (Å²) in [5.74, 6) is 2.98. The van der Waals surface area contributed by atoms with Crippen LogP contribution in [0, 0.1) is 23.2 Å². The molecule has 0 aromatic rings. The van der Waals surface area contributed by atoms with Crippen molar-refractivity contribution in [3.05, 3.63) is 0 Å². The number of hydrogen-bond donors (Lipinski definition) is 2. The summed E-state index contributed by atoms with van der Waals surface area (Å²) < 4.78 is 0. The fourth-order valence-corrected chi connectivity index (χ4v) is 6.48. The highest BCUT2D eigenvalue weighted by Crippen LogP contribution is 2.60. The van der Waals surface area contributed by atoms with Crippen LogP contribution in [-0.2, 0) is 4.79 Å². The molecular formula is C20H34N2O. The van der Waals surface area contributed by atoms with Crippen LogP contribution in [0.2, 0.25) is 0 Å². The molecule has 23 heavy (non-hydrogen) atoms. The molecule has 4 bridgehead atoms. The average molecular weight is 319 g/mol. The molecule has 3 nitrogen and oxygen atoms in total. The van der Waals surface area contributed by atoms with Crippen LogP contribution in [-0.4, -0.2) is 25.0 Å². The van der Waals surface area contributed by atoms with Gasteiger partial charge in [0, 0.05) is 18.0 Å². The first-order chi connectivity index (χ1) is 11.2. The molecule has 0 aromatic heterocycles. The van der Waals surface area contributed by atoms with Crippen molar-refractivity contribution in [2.45, 2.75) is 83.1 Å². The average Bonchev–Trinajstić information content (AvgIpc) is 2.54. The minimum absolute atomic E-state index is 0.0333. The SMILES string of the molecule is O=C(NCCCNC1CCCCC1)C12CC3CC(CC(C3)C1)C2. The Labute approximate surface area is 141 Å². The minimum atomic E-state index is 0.0333. The van der Waals surface area contributed by atoms with Crippen molar-refractivity contribution in [3.8, 4) is 0 Å². The van der Waals surface area contributed by atoms with Crippen molar-refractivity contribution in [2.75, 3.05) is 13.1 Å². The maximum absolute atomic E-state index is 12.8. The first-order valence-corrected chi connectivity index (χ1v) is 10.3. The van der Waals surface area contributed by atoms with Gasteiger partial charge in [-0.1, -0.05) is 19.3 Å². The molecule has 0 aliphatic heterocycles. The summed E-state index contributed by atoms with van der Waals surface area (Å²) in [7, 11) is 0. The molecule has 5 aliphatic rings. The molecule has 5 aliphatic carbocycles. The summed E-state index contributed by atoms with van der Waals surface area (Å²) in [6.45, 7) is 1.92. The molecule has 0 saturated heterocycles. The lowest BCUT2D eigenvalue weighted by Gasteiger charge is -2.55. The van der Waals surface area contributed by atoms with Gasteiger partial charge in [-0.05, 0) is 82.1 Å². The zero-order chi connectivity index (χ0) is 15.7.